The molecule has 2 rings (SSSR count). The highest BCUT2D eigenvalue weighted by molar-refractivity contribution is 5.88. The molecule has 0 spiro atoms. The van der Waals surface area contributed by atoms with Gasteiger partial charge < -0.3 is 15.0 Å². The van der Waals surface area contributed by atoms with Crippen molar-refractivity contribution < 1.29 is 14.3 Å². The lowest BCUT2D eigenvalue weighted by Crippen LogP contribution is -2.35. The van der Waals surface area contributed by atoms with Gasteiger partial charge in [-0.3, -0.25) is 4.79 Å². The molecular formula is C20H28N2O3. The second kappa shape index (κ2) is 9.87. The van der Waals surface area contributed by atoms with Gasteiger partial charge in [-0.15, -0.1) is 0 Å². The molecule has 0 bridgehead atoms. The summed E-state index contributed by atoms with van der Waals surface area (Å²) in [6.07, 6.45) is 5.79. The minimum absolute atomic E-state index is 0.0192. The van der Waals surface area contributed by atoms with Crippen LogP contribution >= 0.6 is 0 Å². The predicted octanol–water partition coefficient (Wildman–Crippen LogP) is 3.51. The molecule has 0 radical (unpaired) electrons. The quantitative estimate of drug-likeness (QED) is 0.770. The Balaban J connectivity index is 1.85. The summed E-state index contributed by atoms with van der Waals surface area (Å²) in [4.78, 5) is 26.0. The Kier molecular flexibility index (Phi) is 7.51. The molecule has 1 heterocycles. The second-order valence-electron chi connectivity index (χ2n) is 6.83. The van der Waals surface area contributed by atoms with Gasteiger partial charge in [0.15, 0.2) is 0 Å². The fourth-order valence-corrected chi connectivity index (χ4v) is 2.85. The minimum atomic E-state index is -0.465. The van der Waals surface area contributed by atoms with Crippen molar-refractivity contribution >= 4 is 12.0 Å². The SMILES string of the molecule is CC(C)CC(/C=C/C(=O)N1CCCC1)NC(=O)OCc1ccccc1. The van der Waals surface area contributed by atoms with Gasteiger partial charge in [0.2, 0.25) is 5.91 Å². The lowest BCUT2D eigenvalue weighted by molar-refractivity contribution is -0.125. The minimum Gasteiger partial charge on any atom is -0.445 e. The number of nitrogens with one attached hydrogen (secondary N) is 1. The Bertz CT molecular complexity index is 578. The van der Waals surface area contributed by atoms with Gasteiger partial charge in [-0.25, -0.2) is 4.79 Å². The van der Waals surface area contributed by atoms with Gasteiger partial charge >= 0.3 is 6.09 Å². The Morgan fingerprint density at radius 1 is 1.20 bits per heavy atom. The van der Waals surface area contributed by atoms with Gasteiger partial charge in [-0.1, -0.05) is 50.3 Å². The number of alkyl carbamates (subject to hydrolysis) is 1. The van der Waals surface area contributed by atoms with Gasteiger partial charge in [0.05, 0.1) is 6.04 Å². The van der Waals surface area contributed by atoms with Crippen LogP contribution in [0.2, 0.25) is 0 Å². The third-order valence-electron chi connectivity index (χ3n) is 4.13. The van der Waals surface area contributed by atoms with Crippen molar-refractivity contribution in [2.24, 2.45) is 5.92 Å². The summed E-state index contributed by atoms with van der Waals surface area (Å²) in [6, 6.07) is 9.34. The molecule has 136 valence electrons. The normalized spacial score (nSPS) is 15.6. The highest BCUT2D eigenvalue weighted by Gasteiger charge is 2.17. The number of hydrogen-bond donors (Lipinski definition) is 1. The number of nitrogens with zero attached hydrogens (tertiary/aromatic N) is 1. The van der Waals surface area contributed by atoms with Gasteiger partial charge in [0.25, 0.3) is 0 Å². The molecular weight excluding hydrogens is 316 g/mol. The maximum absolute atomic E-state index is 12.1. The van der Waals surface area contributed by atoms with E-state index in [1.54, 1.807) is 12.2 Å². The molecule has 0 aliphatic carbocycles. The van der Waals surface area contributed by atoms with Gasteiger partial charge in [0.1, 0.15) is 6.61 Å². The Hall–Kier alpha value is -2.30. The summed E-state index contributed by atoms with van der Waals surface area (Å²) in [5.74, 6) is 0.414. The van der Waals surface area contributed by atoms with E-state index in [-0.39, 0.29) is 18.6 Å². The zero-order valence-electron chi connectivity index (χ0n) is 15.1. The van der Waals surface area contributed by atoms with Crippen LogP contribution in [0, 0.1) is 5.92 Å². The molecule has 1 fully saturated rings. The van der Waals surface area contributed by atoms with Crippen LogP contribution in [0.4, 0.5) is 4.79 Å². The summed E-state index contributed by atoms with van der Waals surface area (Å²) in [5.41, 5.74) is 0.942. The summed E-state index contributed by atoms with van der Waals surface area (Å²) >= 11 is 0. The zero-order chi connectivity index (χ0) is 18.1. The van der Waals surface area contributed by atoms with E-state index in [4.69, 9.17) is 4.74 Å². The largest absolute Gasteiger partial charge is 0.445 e. The number of hydrogen-bond acceptors (Lipinski definition) is 3. The topological polar surface area (TPSA) is 58.6 Å². The van der Waals surface area contributed by atoms with Crippen LogP contribution in [0.25, 0.3) is 0 Å². The summed E-state index contributed by atoms with van der Waals surface area (Å²) in [7, 11) is 0. The molecule has 5 heteroatoms. The average molecular weight is 344 g/mol. The molecule has 1 saturated heterocycles. The lowest BCUT2D eigenvalue weighted by atomic mass is 10.0. The molecule has 1 N–H and O–H groups in total. The van der Waals surface area contributed by atoms with E-state index in [0.717, 1.165) is 37.9 Å². The van der Waals surface area contributed by atoms with Crippen molar-refractivity contribution in [2.45, 2.75) is 45.8 Å². The number of amides is 2. The third kappa shape index (κ3) is 6.99. The van der Waals surface area contributed by atoms with Crippen molar-refractivity contribution in [2.75, 3.05) is 13.1 Å². The van der Waals surface area contributed by atoms with Crippen LogP contribution in [0.15, 0.2) is 42.5 Å². The predicted molar refractivity (Wildman–Crippen MR) is 98.0 cm³/mol. The average Bonchev–Trinajstić information content (AvgIpc) is 3.13. The monoisotopic (exact) mass is 344 g/mol. The molecule has 0 aromatic heterocycles. The van der Waals surface area contributed by atoms with E-state index < -0.39 is 6.09 Å². The van der Waals surface area contributed by atoms with E-state index in [1.807, 2.05) is 35.2 Å². The van der Waals surface area contributed by atoms with E-state index >= 15 is 0 Å². The highest BCUT2D eigenvalue weighted by atomic mass is 16.5. The zero-order valence-corrected chi connectivity index (χ0v) is 15.1. The van der Waals surface area contributed by atoms with E-state index in [0.29, 0.717) is 5.92 Å². The summed E-state index contributed by atoms with van der Waals surface area (Å²) < 4.78 is 5.27. The number of rotatable bonds is 7. The molecule has 2 amide bonds. The smallest absolute Gasteiger partial charge is 0.407 e. The van der Waals surface area contributed by atoms with Crippen molar-refractivity contribution in [1.29, 1.82) is 0 Å². The molecule has 1 aliphatic heterocycles. The van der Waals surface area contributed by atoms with Gasteiger partial charge in [-0.05, 0) is 30.7 Å². The van der Waals surface area contributed by atoms with Crippen LogP contribution in [0.1, 0.15) is 38.7 Å². The number of carbonyl (C=O) groups is 2. The standard InChI is InChI=1S/C20H28N2O3/c1-16(2)14-18(10-11-19(23)22-12-6-7-13-22)21-20(24)25-15-17-8-4-3-5-9-17/h3-5,8-11,16,18H,6-7,12-15H2,1-2H3,(H,21,24)/b11-10+. The number of benzene rings is 1. The van der Waals surface area contributed by atoms with Crippen LogP contribution in [-0.2, 0) is 16.1 Å². The highest BCUT2D eigenvalue weighted by Crippen LogP contribution is 2.10. The Morgan fingerprint density at radius 2 is 1.88 bits per heavy atom. The third-order valence-corrected chi connectivity index (χ3v) is 4.13. The first-order valence-corrected chi connectivity index (χ1v) is 8.99. The number of carbonyl (C=O) groups excluding carboxylic acids is 2. The second-order valence-corrected chi connectivity index (χ2v) is 6.83. The van der Waals surface area contributed by atoms with E-state index in [9.17, 15) is 9.59 Å². The van der Waals surface area contributed by atoms with Gasteiger partial charge in [0, 0.05) is 19.2 Å². The van der Waals surface area contributed by atoms with Crippen LogP contribution in [0.3, 0.4) is 0 Å². The van der Waals surface area contributed by atoms with Crippen molar-refractivity contribution in [3.05, 3.63) is 48.0 Å². The number of likely N-dealkylation sites (tertiary alicyclic amines) is 1. The van der Waals surface area contributed by atoms with Crippen LogP contribution in [-0.4, -0.2) is 36.0 Å². The maximum atomic E-state index is 12.1. The fourth-order valence-electron chi connectivity index (χ4n) is 2.85. The van der Waals surface area contributed by atoms with Crippen molar-refractivity contribution in [3.8, 4) is 0 Å². The van der Waals surface area contributed by atoms with E-state index in [1.165, 1.54) is 0 Å². The fraction of sp³-hybridized carbons (Fsp3) is 0.500. The lowest BCUT2D eigenvalue weighted by Gasteiger charge is -2.18. The van der Waals surface area contributed by atoms with Crippen molar-refractivity contribution in [3.63, 3.8) is 0 Å². The molecule has 25 heavy (non-hydrogen) atoms. The molecule has 1 atom stereocenters. The summed E-state index contributed by atoms with van der Waals surface area (Å²) in [6.45, 7) is 6.05. The molecule has 1 unspecified atom stereocenters. The Morgan fingerprint density at radius 3 is 2.52 bits per heavy atom. The summed E-state index contributed by atoms with van der Waals surface area (Å²) in [5, 5.41) is 2.85. The first-order chi connectivity index (χ1) is 12.0. The van der Waals surface area contributed by atoms with Gasteiger partial charge in [-0.2, -0.15) is 0 Å². The molecule has 1 aliphatic rings. The van der Waals surface area contributed by atoms with Crippen molar-refractivity contribution in [1.82, 2.24) is 10.2 Å². The van der Waals surface area contributed by atoms with Crippen LogP contribution < -0.4 is 5.32 Å². The number of ether oxygens (including phenoxy) is 1. The van der Waals surface area contributed by atoms with Crippen LogP contribution in [0.5, 0.6) is 0 Å². The maximum Gasteiger partial charge on any atom is 0.407 e. The Labute approximate surface area is 150 Å². The molecule has 0 saturated carbocycles. The molecule has 5 nitrogen and oxygen atoms in total. The molecule has 1 aromatic rings. The van der Waals surface area contributed by atoms with E-state index in [2.05, 4.69) is 19.2 Å². The molecule has 1 aromatic carbocycles. The first kappa shape index (κ1) is 19.0. The first-order valence-electron chi connectivity index (χ1n) is 8.99.